The molecule has 1 aromatic carbocycles. The van der Waals surface area contributed by atoms with E-state index in [1.54, 1.807) is 0 Å². The molecule has 5 heteroatoms. The number of fused-ring (bicyclic) bond motifs is 2. The first-order valence-electron chi connectivity index (χ1n) is 7.17. The van der Waals surface area contributed by atoms with Crippen molar-refractivity contribution in [3.8, 4) is 0 Å². The van der Waals surface area contributed by atoms with Crippen LogP contribution in [0, 0.1) is 0 Å². The Kier molecular flexibility index (Phi) is 3.50. The van der Waals surface area contributed by atoms with Crippen molar-refractivity contribution >= 4 is 35.2 Å². The molecule has 2 N–H and O–H groups in total. The van der Waals surface area contributed by atoms with Crippen molar-refractivity contribution in [2.75, 3.05) is 5.73 Å². The number of rotatable bonds is 2. The predicted octanol–water partition coefficient (Wildman–Crippen LogP) is 4.17. The Morgan fingerprint density at radius 3 is 2.48 bits per heavy atom. The zero-order valence-electron chi connectivity index (χ0n) is 12.7. The Morgan fingerprint density at radius 2 is 1.86 bits per heavy atom. The normalized spacial score (nSPS) is 20.7. The van der Waals surface area contributed by atoms with Crippen molar-refractivity contribution < 1.29 is 8.98 Å². The van der Waals surface area contributed by atoms with Crippen molar-refractivity contribution in [3.63, 3.8) is 0 Å². The molecule has 0 saturated heterocycles. The highest BCUT2D eigenvalue weighted by molar-refractivity contribution is 8.02. The van der Waals surface area contributed by atoms with Crippen LogP contribution in [-0.4, -0.2) is 5.66 Å². The number of nitrogens with two attached hydrogens (primary N) is 1. The lowest BCUT2D eigenvalue weighted by Gasteiger charge is -2.28. The van der Waals surface area contributed by atoms with Gasteiger partial charge in [-0.25, -0.2) is 0 Å². The molecular formula is C16H20NO2PS. The van der Waals surface area contributed by atoms with Gasteiger partial charge in [0.15, 0.2) is 12.2 Å². The van der Waals surface area contributed by atoms with Gasteiger partial charge in [0.2, 0.25) is 0 Å². The van der Waals surface area contributed by atoms with Gasteiger partial charge in [0.1, 0.15) is 5.76 Å². The van der Waals surface area contributed by atoms with E-state index in [1.165, 1.54) is 11.8 Å². The van der Waals surface area contributed by atoms with E-state index in [1.807, 2.05) is 52.0 Å². The molecule has 3 rings (SSSR count). The summed E-state index contributed by atoms with van der Waals surface area (Å²) in [4.78, 5) is 1.02. The first kappa shape index (κ1) is 14.8. The smallest absolute Gasteiger partial charge is 0.178 e. The third-order valence-electron chi connectivity index (χ3n) is 3.93. The highest BCUT2D eigenvalue weighted by Crippen LogP contribution is 2.58. The molecule has 0 amide bonds. The summed E-state index contributed by atoms with van der Waals surface area (Å²) in [6.07, 6.45) is 0. The summed E-state index contributed by atoms with van der Waals surface area (Å²) in [7, 11) is -2.76. The van der Waals surface area contributed by atoms with Crippen molar-refractivity contribution in [3.05, 3.63) is 30.0 Å². The van der Waals surface area contributed by atoms with Crippen molar-refractivity contribution in [1.29, 1.82) is 0 Å². The van der Waals surface area contributed by atoms with Gasteiger partial charge in [-0.05, 0) is 6.07 Å². The van der Waals surface area contributed by atoms with Gasteiger partial charge in [0, 0.05) is 21.8 Å². The second kappa shape index (κ2) is 4.96. The molecule has 21 heavy (non-hydrogen) atoms. The molecular weight excluding hydrogens is 301 g/mol. The summed E-state index contributed by atoms with van der Waals surface area (Å²) in [6, 6.07) is 7.88. The fourth-order valence-corrected chi connectivity index (χ4v) is 7.57. The monoisotopic (exact) mass is 321 g/mol. The molecule has 1 unspecified atom stereocenters. The zero-order chi connectivity index (χ0) is 15.4. The second-order valence-corrected chi connectivity index (χ2v) is 10.3. The maximum absolute atomic E-state index is 13.9. The van der Waals surface area contributed by atoms with E-state index in [4.69, 9.17) is 10.2 Å². The highest BCUT2D eigenvalue weighted by Gasteiger charge is 2.43. The number of hydrogen-bond donors (Lipinski definition) is 1. The van der Waals surface area contributed by atoms with Gasteiger partial charge >= 0.3 is 0 Å². The molecule has 0 aliphatic carbocycles. The quantitative estimate of drug-likeness (QED) is 0.843. The minimum Gasteiger partial charge on any atom is -0.451 e. The molecule has 112 valence electrons. The summed E-state index contributed by atoms with van der Waals surface area (Å²) in [5.41, 5.74) is 6.90. The van der Waals surface area contributed by atoms with Gasteiger partial charge in [-0.1, -0.05) is 57.7 Å². The van der Waals surface area contributed by atoms with E-state index in [0.29, 0.717) is 10.8 Å². The zero-order valence-corrected chi connectivity index (χ0v) is 14.4. The maximum Gasteiger partial charge on any atom is 0.178 e. The Labute approximate surface area is 129 Å². The largest absolute Gasteiger partial charge is 0.451 e. The fourth-order valence-electron chi connectivity index (χ4n) is 2.82. The van der Waals surface area contributed by atoms with Gasteiger partial charge in [0.25, 0.3) is 0 Å². The third kappa shape index (κ3) is 2.00. The van der Waals surface area contributed by atoms with E-state index in [-0.39, 0.29) is 11.6 Å². The predicted molar refractivity (Wildman–Crippen MR) is 89.8 cm³/mol. The van der Waals surface area contributed by atoms with Crippen molar-refractivity contribution in [2.24, 2.45) is 0 Å². The molecule has 1 aliphatic heterocycles. The van der Waals surface area contributed by atoms with E-state index in [2.05, 4.69) is 0 Å². The van der Waals surface area contributed by atoms with E-state index in [9.17, 15) is 4.57 Å². The first-order chi connectivity index (χ1) is 9.87. The molecule has 0 spiro atoms. The fraction of sp³-hybridized carbons (Fsp3) is 0.375. The van der Waals surface area contributed by atoms with Gasteiger partial charge in [0.05, 0.1) is 11.0 Å². The van der Waals surface area contributed by atoms with Gasteiger partial charge in [-0.3, -0.25) is 0 Å². The van der Waals surface area contributed by atoms with Crippen molar-refractivity contribution in [2.45, 2.75) is 49.3 Å². The van der Waals surface area contributed by atoms with Crippen LogP contribution in [0.5, 0.6) is 0 Å². The molecule has 1 aromatic heterocycles. The molecule has 0 radical (unpaired) electrons. The summed E-state index contributed by atoms with van der Waals surface area (Å²) in [6.45, 7) is 8.08. The maximum atomic E-state index is 13.9. The molecule has 3 nitrogen and oxygen atoms in total. The van der Waals surface area contributed by atoms with E-state index >= 15 is 0 Å². The molecule has 0 bridgehead atoms. The van der Waals surface area contributed by atoms with E-state index < -0.39 is 7.14 Å². The Bertz CT molecular complexity index is 749. The Morgan fingerprint density at radius 1 is 1.19 bits per heavy atom. The van der Waals surface area contributed by atoms with Crippen LogP contribution in [0.3, 0.4) is 0 Å². The Balaban J connectivity index is 2.34. The van der Waals surface area contributed by atoms with Crippen LogP contribution in [0.25, 0.3) is 0 Å². The van der Waals surface area contributed by atoms with Crippen LogP contribution in [0.1, 0.15) is 39.4 Å². The minimum atomic E-state index is -2.76. The molecule has 2 aromatic rings. The SMILES string of the molecule is CC(C)c1oc2c(c1N)P(=O)(C(C)C)c1ccccc1S2. The highest BCUT2D eigenvalue weighted by atomic mass is 32.2. The summed E-state index contributed by atoms with van der Waals surface area (Å²) < 4.78 is 19.8. The van der Waals surface area contributed by atoms with Crippen LogP contribution in [0.2, 0.25) is 0 Å². The molecule has 1 aliphatic rings. The van der Waals surface area contributed by atoms with Gasteiger partial charge in [-0.2, -0.15) is 0 Å². The number of anilines is 1. The summed E-state index contributed by atoms with van der Waals surface area (Å²) in [5, 5.41) is 2.37. The lowest BCUT2D eigenvalue weighted by molar-refractivity contribution is 0.419. The number of furan rings is 1. The number of nitrogen functional groups attached to an aromatic ring is 1. The van der Waals surface area contributed by atoms with Crippen molar-refractivity contribution in [1.82, 2.24) is 0 Å². The second-order valence-electron chi connectivity index (χ2n) is 5.99. The van der Waals surface area contributed by atoms with E-state index in [0.717, 1.165) is 21.3 Å². The third-order valence-corrected chi connectivity index (χ3v) is 8.95. The molecule has 0 fully saturated rings. The van der Waals surface area contributed by atoms with Crippen LogP contribution >= 0.6 is 18.9 Å². The lowest BCUT2D eigenvalue weighted by atomic mass is 10.1. The van der Waals surface area contributed by atoms with Crippen LogP contribution in [0.15, 0.2) is 38.7 Å². The number of benzene rings is 1. The molecule has 0 saturated carbocycles. The van der Waals surface area contributed by atoms with Gasteiger partial charge < -0.3 is 14.7 Å². The topological polar surface area (TPSA) is 56.2 Å². The minimum absolute atomic E-state index is 0.00166. The number of hydrogen-bond acceptors (Lipinski definition) is 4. The molecule has 2 heterocycles. The van der Waals surface area contributed by atoms with Gasteiger partial charge in [-0.15, -0.1) is 0 Å². The van der Waals surface area contributed by atoms with Crippen LogP contribution in [0.4, 0.5) is 5.69 Å². The summed E-state index contributed by atoms with van der Waals surface area (Å²) >= 11 is 1.54. The average Bonchev–Trinajstić information content (AvgIpc) is 2.76. The van der Waals surface area contributed by atoms with Crippen LogP contribution in [-0.2, 0) is 4.57 Å². The lowest BCUT2D eigenvalue weighted by Crippen LogP contribution is -2.28. The molecule has 1 atom stereocenters. The Hall–Kier alpha value is -1.12. The standard InChI is InChI=1S/C16H20NO2PS/c1-9(2)14-13(17)15-16(19-14)21-12-8-6-5-7-11(12)20(15,18)10(3)4/h5-10H,17H2,1-4H3. The van der Waals surface area contributed by atoms with Crippen LogP contribution < -0.4 is 16.3 Å². The average molecular weight is 321 g/mol. The first-order valence-corrected chi connectivity index (χ1v) is 9.76. The summed E-state index contributed by atoms with van der Waals surface area (Å²) in [5.74, 6) is 0.932.